The monoisotopic (exact) mass is 299 g/mol. The van der Waals surface area contributed by atoms with Crippen molar-refractivity contribution in [1.82, 2.24) is 5.43 Å². The number of carbonyl (C=O) groups excluding carboxylic acids is 2. The molecule has 110 valence electrons. The minimum Gasteiger partial charge on any atom is -0.401 e. The van der Waals surface area contributed by atoms with Gasteiger partial charge in [0.05, 0.1) is 11.8 Å². The van der Waals surface area contributed by atoms with Crippen molar-refractivity contribution in [2.45, 2.75) is 0 Å². The van der Waals surface area contributed by atoms with Gasteiger partial charge in [-0.1, -0.05) is 18.2 Å². The summed E-state index contributed by atoms with van der Waals surface area (Å²) in [4.78, 5) is 34.0. The number of benzene rings is 1. The zero-order chi connectivity index (χ0) is 15.7. The van der Waals surface area contributed by atoms with Crippen LogP contribution in [-0.4, -0.2) is 16.7 Å². The molecule has 2 heterocycles. The molecule has 2 aromatic rings. The quantitative estimate of drug-likeness (QED) is 0.401. The number of hydrogen-bond acceptors (Lipinski definition) is 5. The standard InChI is InChI=1S/C14H9N3O5/c18-13-11(8-10-6-7-12(22-10)17(20)21)14(19)16(15-13)9-4-2-1-3-5-9/h1-8H,(H,15,18)/b11-8+. The Bertz CT molecular complexity index is 794. The number of anilines is 1. The highest BCUT2D eigenvalue weighted by atomic mass is 16.6. The maximum absolute atomic E-state index is 12.3. The topological polar surface area (TPSA) is 106 Å². The third-order valence-corrected chi connectivity index (χ3v) is 2.99. The molecule has 1 saturated heterocycles. The molecule has 1 aliphatic heterocycles. The Morgan fingerprint density at radius 2 is 1.86 bits per heavy atom. The molecule has 1 aromatic carbocycles. The first-order valence-corrected chi connectivity index (χ1v) is 6.22. The molecule has 1 aliphatic rings. The second-order valence-electron chi connectivity index (χ2n) is 4.41. The number of nitro groups is 1. The Hall–Kier alpha value is -3.42. The molecular weight excluding hydrogens is 290 g/mol. The van der Waals surface area contributed by atoms with E-state index in [0.717, 1.165) is 11.1 Å². The SMILES string of the molecule is O=C1NN(c2ccccc2)C(=O)/C1=C/c1ccc([N+](=O)[O-])o1. The van der Waals surface area contributed by atoms with Crippen LogP contribution < -0.4 is 10.4 Å². The van der Waals surface area contributed by atoms with E-state index in [1.165, 1.54) is 12.1 Å². The van der Waals surface area contributed by atoms with Crippen molar-refractivity contribution < 1.29 is 18.9 Å². The molecule has 0 spiro atoms. The molecule has 0 radical (unpaired) electrons. The molecule has 1 aromatic heterocycles. The van der Waals surface area contributed by atoms with E-state index in [4.69, 9.17) is 4.42 Å². The lowest BCUT2D eigenvalue weighted by Gasteiger charge is -2.13. The van der Waals surface area contributed by atoms with Crippen molar-refractivity contribution >= 4 is 29.5 Å². The van der Waals surface area contributed by atoms with Gasteiger partial charge in [-0.25, -0.2) is 5.01 Å². The van der Waals surface area contributed by atoms with E-state index in [2.05, 4.69) is 5.43 Å². The van der Waals surface area contributed by atoms with Crippen LogP contribution in [0, 0.1) is 10.1 Å². The van der Waals surface area contributed by atoms with Crippen LogP contribution in [0.4, 0.5) is 11.6 Å². The summed E-state index contributed by atoms with van der Waals surface area (Å²) in [5.74, 6) is -1.57. The zero-order valence-corrected chi connectivity index (χ0v) is 11.1. The number of carbonyl (C=O) groups is 2. The summed E-state index contributed by atoms with van der Waals surface area (Å²) >= 11 is 0. The molecule has 1 N–H and O–H groups in total. The number of hydrazine groups is 1. The molecule has 8 heteroatoms. The fourth-order valence-electron chi connectivity index (χ4n) is 1.98. The van der Waals surface area contributed by atoms with Gasteiger partial charge in [-0.2, -0.15) is 0 Å². The smallest absolute Gasteiger partial charge is 0.401 e. The summed E-state index contributed by atoms with van der Waals surface area (Å²) in [5, 5.41) is 11.7. The Labute approximate surface area is 123 Å². The minimum absolute atomic E-state index is 0.0557. The van der Waals surface area contributed by atoms with Gasteiger partial charge in [-0.15, -0.1) is 0 Å². The van der Waals surface area contributed by atoms with Crippen molar-refractivity contribution in [2.24, 2.45) is 0 Å². The van der Waals surface area contributed by atoms with Gasteiger partial charge in [0.2, 0.25) is 0 Å². The first-order chi connectivity index (χ1) is 10.6. The summed E-state index contributed by atoms with van der Waals surface area (Å²) in [5.41, 5.74) is 2.77. The predicted molar refractivity (Wildman–Crippen MR) is 75.4 cm³/mol. The van der Waals surface area contributed by atoms with Crippen LogP contribution in [0.1, 0.15) is 5.76 Å². The van der Waals surface area contributed by atoms with Gasteiger partial charge < -0.3 is 4.42 Å². The third kappa shape index (κ3) is 2.33. The van der Waals surface area contributed by atoms with Crippen molar-refractivity contribution in [3.8, 4) is 0 Å². The molecule has 8 nitrogen and oxygen atoms in total. The maximum atomic E-state index is 12.3. The van der Waals surface area contributed by atoms with Crippen LogP contribution >= 0.6 is 0 Å². The van der Waals surface area contributed by atoms with Gasteiger partial charge in [-0.05, 0) is 24.3 Å². The molecule has 0 unspecified atom stereocenters. The van der Waals surface area contributed by atoms with Gasteiger partial charge in [0.15, 0.2) is 0 Å². The highest BCUT2D eigenvalue weighted by Gasteiger charge is 2.34. The number of nitrogens with zero attached hydrogens (tertiary/aromatic N) is 2. The van der Waals surface area contributed by atoms with Gasteiger partial charge in [0.1, 0.15) is 16.3 Å². The Balaban J connectivity index is 1.91. The predicted octanol–water partition coefficient (Wildman–Crippen LogP) is 1.65. The number of para-hydroxylation sites is 1. The van der Waals surface area contributed by atoms with Crippen molar-refractivity contribution in [1.29, 1.82) is 0 Å². The molecule has 0 saturated carbocycles. The molecule has 22 heavy (non-hydrogen) atoms. The Morgan fingerprint density at radius 1 is 1.14 bits per heavy atom. The van der Waals surface area contributed by atoms with Gasteiger partial charge in [-0.3, -0.25) is 25.1 Å². The fourth-order valence-corrected chi connectivity index (χ4v) is 1.98. The number of nitrogens with one attached hydrogen (secondary N) is 1. The Morgan fingerprint density at radius 3 is 2.50 bits per heavy atom. The van der Waals surface area contributed by atoms with Gasteiger partial charge in [0.25, 0.3) is 11.8 Å². The van der Waals surface area contributed by atoms with Crippen molar-refractivity contribution in [3.63, 3.8) is 0 Å². The second kappa shape index (κ2) is 5.17. The van der Waals surface area contributed by atoms with E-state index in [0.29, 0.717) is 5.69 Å². The van der Waals surface area contributed by atoms with Crippen LogP contribution in [0.5, 0.6) is 0 Å². The molecule has 0 aliphatic carbocycles. The van der Waals surface area contributed by atoms with E-state index < -0.39 is 22.6 Å². The van der Waals surface area contributed by atoms with Crippen LogP contribution in [0.15, 0.2) is 52.5 Å². The van der Waals surface area contributed by atoms with Crippen LogP contribution in [0.25, 0.3) is 6.08 Å². The number of hydrogen-bond donors (Lipinski definition) is 1. The lowest BCUT2D eigenvalue weighted by molar-refractivity contribution is -0.402. The zero-order valence-electron chi connectivity index (χ0n) is 11.1. The number of rotatable bonds is 3. The summed E-state index contributed by atoms with van der Waals surface area (Å²) in [6.45, 7) is 0. The van der Waals surface area contributed by atoms with Gasteiger partial charge >= 0.3 is 5.88 Å². The largest absolute Gasteiger partial charge is 0.433 e. The second-order valence-corrected chi connectivity index (χ2v) is 4.41. The van der Waals surface area contributed by atoms with E-state index in [1.54, 1.807) is 30.3 Å². The van der Waals surface area contributed by atoms with Gasteiger partial charge in [0, 0.05) is 0 Å². The molecule has 3 rings (SSSR count). The first-order valence-electron chi connectivity index (χ1n) is 6.22. The van der Waals surface area contributed by atoms with Crippen LogP contribution in [-0.2, 0) is 9.59 Å². The summed E-state index contributed by atoms with van der Waals surface area (Å²) in [7, 11) is 0. The lowest BCUT2D eigenvalue weighted by atomic mass is 10.2. The lowest BCUT2D eigenvalue weighted by Crippen LogP contribution is -2.35. The fraction of sp³-hybridized carbons (Fsp3) is 0. The average molecular weight is 299 g/mol. The molecule has 0 bridgehead atoms. The van der Waals surface area contributed by atoms with Crippen molar-refractivity contribution in [3.05, 3.63) is 63.9 Å². The van der Waals surface area contributed by atoms with Crippen molar-refractivity contribution in [2.75, 3.05) is 5.01 Å². The average Bonchev–Trinajstić information content (AvgIpc) is 3.09. The molecule has 0 atom stereocenters. The summed E-state index contributed by atoms with van der Waals surface area (Å²) in [6.07, 6.45) is 1.17. The number of furan rings is 1. The van der Waals surface area contributed by atoms with Crippen LogP contribution in [0.3, 0.4) is 0 Å². The van der Waals surface area contributed by atoms with E-state index in [1.807, 2.05) is 0 Å². The Kier molecular flexibility index (Phi) is 3.18. The van der Waals surface area contributed by atoms with Crippen LogP contribution in [0.2, 0.25) is 0 Å². The summed E-state index contributed by atoms with van der Waals surface area (Å²) < 4.78 is 4.92. The minimum atomic E-state index is -0.700. The normalized spacial score (nSPS) is 16.2. The molecular formula is C14H9N3O5. The first kappa shape index (κ1) is 13.6. The highest BCUT2D eigenvalue weighted by molar-refractivity contribution is 6.31. The highest BCUT2D eigenvalue weighted by Crippen LogP contribution is 2.23. The number of amides is 2. The van der Waals surface area contributed by atoms with E-state index in [-0.39, 0.29) is 11.3 Å². The van der Waals surface area contributed by atoms with E-state index in [9.17, 15) is 19.7 Å². The molecule has 1 fully saturated rings. The maximum Gasteiger partial charge on any atom is 0.433 e. The summed E-state index contributed by atoms with van der Waals surface area (Å²) in [6, 6.07) is 11.0. The third-order valence-electron chi connectivity index (χ3n) is 2.99. The molecule has 2 amide bonds. The van der Waals surface area contributed by atoms with E-state index >= 15 is 0 Å².